The maximum Gasteiger partial charge on any atom is 0.140 e. The highest BCUT2D eigenvalue weighted by Crippen LogP contribution is 2.24. The molecule has 0 fully saturated rings. The average molecular weight is 258 g/mol. The van der Waals surface area contributed by atoms with Gasteiger partial charge in [-0.05, 0) is 17.7 Å². The van der Waals surface area contributed by atoms with E-state index in [1.165, 1.54) is 0 Å². The molecule has 0 amide bonds. The van der Waals surface area contributed by atoms with E-state index in [1.54, 1.807) is 12.4 Å². The van der Waals surface area contributed by atoms with Gasteiger partial charge in [0.25, 0.3) is 0 Å². The molecule has 3 nitrogen and oxygen atoms in total. The van der Waals surface area contributed by atoms with E-state index >= 15 is 0 Å². The maximum atomic E-state index is 5.87. The molecule has 0 radical (unpaired) electrons. The van der Waals surface area contributed by atoms with Crippen LogP contribution in [-0.2, 0) is 12.9 Å². The van der Waals surface area contributed by atoms with Crippen molar-refractivity contribution in [3.63, 3.8) is 0 Å². The fourth-order valence-electron chi connectivity index (χ4n) is 2.10. The van der Waals surface area contributed by atoms with Gasteiger partial charge in [0, 0.05) is 24.7 Å². The van der Waals surface area contributed by atoms with Gasteiger partial charge in [0.05, 0.1) is 11.7 Å². The van der Waals surface area contributed by atoms with Gasteiger partial charge >= 0.3 is 0 Å². The third-order valence-electron chi connectivity index (χ3n) is 3.02. The summed E-state index contributed by atoms with van der Waals surface area (Å²) in [7, 11) is 2.01. The summed E-state index contributed by atoms with van der Waals surface area (Å²) in [6.07, 6.45) is 3.56. The molecule has 3 rings (SSSR count). The van der Waals surface area contributed by atoms with E-state index in [-0.39, 0.29) is 0 Å². The second-order valence-corrected chi connectivity index (χ2v) is 4.46. The van der Waals surface area contributed by atoms with Gasteiger partial charge in [0.1, 0.15) is 11.3 Å². The van der Waals surface area contributed by atoms with Crippen LogP contribution < -0.4 is 0 Å². The minimum absolute atomic E-state index is 0.513. The van der Waals surface area contributed by atoms with E-state index in [0.717, 1.165) is 28.0 Å². The van der Waals surface area contributed by atoms with Crippen LogP contribution in [0.2, 0.25) is 0 Å². The Balaban J connectivity index is 2.21. The minimum Gasteiger partial charge on any atom is -0.327 e. The highest BCUT2D eigenvalue weighted by molar-refractivity contribution is 6.17. The molecule has 2 heterocycles. The van der Waals surface area contributed by atoms with Gasteiger partial charge in [0.15, 0.2) is 0 Å². The number of aromatic nitrogens is 3. The lowest BCUT2D eigenvalue weighted by Gasteiger charge is -2.03. The summed E-state index contributed by atoms with van der Waals surface area (Å²) in [5.41, 5.74) is 4.16. The summed E-state index contributed by atoms with van der Waals surface area (Å²) >= 11 is 5.87. The molecule has 0 aliphatic rings. The Morgan fingerprint density at radius 2 is 2.17 bits per heavy atom. The van der Waals surface area contributed by atoms with Crippen molar-refractivity contribution < 1.29 is 0 Å². The van der Waals surface area contributed by atoms with Crippen LogP contribution in [0.1, 0.15) is 5.56 Å². The smallest absolute Gasteiger partial charge is 0.140 e. The highest BCUT2D eigenvalue weighted by Gasteiger charge is 2.09. The van der Waals surface area contributed by atoms with E-state index < -0.39 is 0 Å². The number of hydrogen-bond acceptors (Lipinski definition) is 2. The second kappa shape index (κ2) is 4.42. The molecular formula is C14H12ClN3. The molecule has 0 bridgehead atoms. The molecule has 0 aliphatic carbocycles. The lowest BCUT2D eigenvalue weighted by Crippen LogP contribution is -1.93. The van der Waals surface area contributed by atoms with Crippen LogP contribution in [0.4, 0.5) is 0 Å². The summed E-state index contributed by atoms with van der Waals surface area (Å²) in [4.78, 5) is 8.71. The minimum atomic E-state index is 0.513. The van der Waals surface area contributed by atoms with Gasteiger partial charge in [-0.2, -0.15) is 0 Å². The third-order valence-corrected chi connectivity index (χ3v) is 3.33. The van der Waals surface area contributed by atoms with Crippen molar-refractivity contribution in [1.29, 1.82) is 0 Å². The number of aryl methyl sites for hydroxylation is 1. The summed E-state index contributed by atoms with van der Waals surface area (Å²) in [6.45, 7) is 0. The number of imidazole rings is 1. The molecule has 0 saturated carbocycles. The SMILES string of the molecule is Cn1c(-c2cccc(CCl)c2)nc2cnccc21. The van der Waals surface area contributed by atoms with Crippen LogP contribution in [-0.4, -0.2) is 14.5 Å². The van der Waals surface area contributed by atoms with E-state index in [9.17, 15) is 0 Å². The van der Waals surface area contributed by atoms with Crippen molar-refractivity contribution >= 4 is 22.6 Å². The molecule has 2 aromatic heterocycles. The van der Waals surface area contributed by atoms with Crippen LogP contribution in [0.15, 0.2) is 42.7 Å². The Bertz CT molecular complexity index is 703. The number of rotatable bonds is 2. The fourth-order valence-corrected chi connectivity index (χ4v) is 2.27. The monoisotopic (exact) mass is 257 g/mol. The molecule has 0 N–H and O–H groups in total. The lowest BCUT2D eigenvalue weighted by atomic mass is 10.1. The van der Waals surface area contributed by atoms with Crippen molar-refractivity contribution in [1.82, 2.24) is 14.5 Å². The molecule has 0 spiro atoms. The molecule has 90 valence electrons. The van der Waals surface area contributed by atoms with Crippen molar-refractivity contribution in [2.75, 3.05) is 0 Å². The summed E-state index contributed by atoms with van der Waals surface area (Å²) in [5, 5.41) is 0. The molecule has 0 unspecified atom stereocenters. The highest BCUT2D eigenvalue weighted by atomic mass is 35.5. The van der Waals surface area contributed by atoms with Crippen molar-refractivity contribution in [2.45, 2.75) is 5.88 Å². The standard InChI is InChI=1S/C14H12ClN3/c1-18-13-5-6-16-9-12(13)17-14(18)11-4-2-3-10(7-11)8-15/h2-7,9H,8H2,1H3. The second-order valence-electron chi connectivity index (χ2n) is 4.19. The van der Waals surface area contributed by atoms with Gasteiger partial charge in [-0.3, -0.25) is 4.98 Å². The molecule has 18 heavy (non-hydrogen) atoms. The molecule has 3 aromatic rings. The first-order chi connectivity index (χ1) is 8.79. The molecule has 0 saturated heterocycles. The zero-order valence-electron chi connectivity index (χ0n) is 9.97. The van der Waals surface area contributed by atoms with Crippen molar-refractivity contribution in [2.24, 2.45) is 7.05 Å². The largest absolute Gasteiger partial charge is 0.327 e. The number of nitrogens with zero attached hydrogens (tertiary/aromatic N) is 3. The first-order valence-electron chi connectivity index (χ1n) is 5.71. The molecule has 4 heteroatoms. The van der Waals surface area contributed by atoms with Gasteiger partial charge in [0.2, 0.25) is 0 Å². The van der Waals surface area contributed by atoms with Crippen LogP contribution in [0.3, 0.4) is 0 Å². The molecule has 1 aromatic carbocycles. The number of hydrogen-bond donors (Lipinski definition) is 0. The van der Waals surface area contributed by atoms with Gasteiger partial charge in [-0.15, -0.1) is 11.6 Å². The van der Waals surface area contributed by atoms with Crippen LogP contribution in [0.5, 0.6) is 0 Å². The summed E-state index contributed by atoms with van der Waals surface area (Å²) in [6, 6.07) is 10.1. The maximum absolute atomic E-state index is 5.87. The van der Waals surface area contributed by atoms with Crippen LogP contribution >= 0.6 is 11.6 Å². The van der Waals surface area contributed by atoms with E-state index in [2.05, 4.69) is 20.6 Å². The Morgan fingerprint density at radius 1 is 1.28 bits per heavy atom. The zero-order chi connectivity index (χ0) is 12.5. The Labute approximate surface area is 110 Å². The first kappa shape index (κ1) is 11.2. The van der Waals surface area contributed by atoms with Gasteiger partial charge in [-0.1, -0.05) is 18.2 Å². The Morgan fingerprint density at radius 3 is 2.94 bits per heavy atom. The van der Waals surface area contributed by atoms with E-state index in [4.69, 9.17) is 11.6 Å². The van der Waals surface area contributed by atoms with Crippen LogP contribution in [0, 0.1) is 0 Å². The quantitative estimate of drug-likeness (QED) is 0.659. The van der Waals surface area contributed by atoms with E-state index in [0.29, 0.717) is 5.88 Å². The van der Waals surface area contributed by atoms with Crippen LogP contribution in [0.25, 0.3) is 22.4 Å². The molecule has 0 aliphatic heterocycles. The zero-order valence-corrected chi connectivity index (χ0v) is 10.7. The van der Waals surface area contributed by atoms with E-state index in [1.807, 2.05) is 31.3 Å². The third kappa shape index (κ3) is 1.77. The van der Waals surface area contributed by atoms with Crippen molar-refractivity contribution in [3.05, 3.63) is 48.3 Å². The van der Waals surface area contributed by atoms with Gasteiger partial charge in [-0.25, -0.2) is 4.98 Å². The first-order valence-corrected chi connectivity index (χ1v) is 6.25. The Hall–Kier alpha value is -1.87. The number of halogens is 1. The molecule has 0 atom stereocenters. The topological polar surface area (TPSA) is 30.7 Å². The number of fused-ring (bicyclic) bond motifs is 1. The normalized spacial score (nSPS) is 11.0. The number of benzene rings is 1. The predicted octanol–water partition coefficient (Wildman–Crippen LogP) is 3.37. The van der Waals surface area contributed by atoms with Gasteiger partial charge < -0.3 is 4.57 Å². The predicted molar refractivity (Wildman–Crippen MR) is 73.5 cm³/mol. The summed E-state index contributed by atoms with van der Waals surface area (Å²) < 4.78 is 2.07. The summed E-state index contributed by atoms with van der Waals surface area (Å²) in [5.74, 6) is 1.45. The average Bonchev–Trinajstić information content (AvgIpc) is 2.77. The fraction of sp³-hybridized carbons (Fsp3) is 0.143. The van der Waals surface area contributed by atoms with Crippen molar-refractivity contribution in [3.8, 4) is 11.4 Å². The Kier molecular flexibility index (Phi) is 2.76. The number of alkyl halides is 1. The molecular weight excluding hydrogens is 246 g/mol. The number of pyridine rings is 1. The lowest BCUT2D eigenvalue weighted by molar-refractivity contribution is 0.958.